The zero-order valence-electron chi connectivity index (χ0n) is 14.6. The molecule has 2 fully saturated rings. The predicted octanol–water partition coefficient (Wildman–Crippen LogP) is 4.47. The number of carbonyl (C=O) groups is 2. The molecule has 1 aromatic carbocycles. The Morgan fingerprint density at radius 3 is 2.25 bits per heavy atom. The predicted molar refractivity (Wildman–Crippen MR) is 95.9 cm³/mol. The summed E-state index contributed by atoms with van der Waals surface area (Å²) in [5, 5.41) is 0. The zero-order valence-corrected chi connectivity index (χ0v) is 14.6. The van der Waals surface area contributed by atoms with Crippen molar-refractivity contribution >= 4 is 11.7 Å². The van der Waals surface area contributed by atoms with Crippen molar-refractivity contribution in [3.8, 4) is 0 Å². The number of nitrogens with zero attached hydrogens (tertiary/aromatic N) is 1. The van der Waals surface area contributed by atoms with Crippen LogP contribution in [0.2, 0.25) is 0 Å². The van der Waals surface area contributed by atoms with Gasteiger partial charge < -0.3 is 4.90 Å². The number of carbonyl (C=O) groups excluding carboxylic acids is 2. The van der Waals surface area contributed by atoms with Crippen LogP contribution in [0, 0.1) is 11.8 Å². The number of ketones is 1. The minimum atomic E-state index is 0.0785. The zero-order chi connectivity index (χ0) is 16.8. The van der Waals surface area contributed by atoms with Crippen molar-refractivity contribution < 1.29 is 9.59 Å². The molecule has 0 bridgehead atoms. The molecule has 0 spiro atoms. The second-order valence-electron chi connectivity index (χ2n) is 7.43. The summed E-state index contributed by atoms with van der Waals surface area (Å²) in [6.45, 7) is 1.49. The van der Waals surface area contributed by atoms with Crippen LogP contribution in [0.5, 0.6) is 0 Å². The van der Waals surface area contributed by atoms with Gasteiger partial charge in [0.25, 0.3) is 0 Å². The van der Waals surface area contributed by atoms with Gasteiger partial charge in [0.05, 0.1) is 0 Å². The van der Waals surface area contributed by atoms with Gasteiger partial charge in [-0.05, 0) is 25.2 Å². The summed E-state index contributed by atoms with van der Waals surface area (Å²) in [5.74, 6) is 1.38. The molecule has 130 valence electrons. The minimum Gasteiger partial charge on any atom is -0.343 e. The van der Waals surface area contributed by atoms with E-state index in [1.807, 2.05) is 35.2 Å². The monoisotopic (exact) mass is 327 g/mol. The van der Waals surface area contributed by atoms with Gasteiger partial charge in [-0.2, -0.15) is 0 Å². The summed E-state index contributed by atoms with van der Waals surface area (Å²) in [6.07, 6.45) is 10.0. The van der Waals surface area contributed by atoms with Gasteiger partial charge in [-0.15, -0.1) is 0 Å². The summed E-state index contributed by atoms with van der Waals surface area (Å²) < 4.78 is 0. The first-order valence-electron chi connectivity index (χ1n) is 9.61. The standard InChI is InChI=1S/C21H29NO2/c23-20(12-11-17-7-3-1-4-8-17)22-15-13-19(14-16-22)21(24)18-9-5-2-6-10-18/h2,5-6,9-10,17,19H,1,3-4,7-8,11-16H2. The van der Waals surface area contributed by atoms with Crippen LogP contribution in [0.25, 0.3) is 0 Å². The molecule has 0 N–H and O–H groups in total. The normalized spacial score (nSPS) is 20.1. The van der Waals surface area contributed by atoms with Crippen molar-refractivity contribution in [2.45, 2.75) is 57.8 Å². The quantitative estimate of drug-likeness (QED) is 0.748. The third-order valence-corrected chi connectivity index (χ3v) is 5.77. The second-order valence-corrected chi connectivity index (χ2v) is 7.43. The van der Waals surface area contributed by atoms with Gasteiger partial charge in [-0.3, -0.25) is 9.59 Å². The molecule has 2 aliphatic rings. The molecular formula is C21H29NO2. The van der Waals surface area contributed by atoms with Gasteiger partial charge in [0, 0.05) is 31.0 Å². The molecule has 0 atom stereocenters. The van der Waals surface area contributed by atoms with Crippen LogP contribution in [-0.2, 0) is 4.79 Å². The molecule has 0 aromatic heterocycles. The van der Waals surface area contributed by atoms with E-state index in [2.05, 4.69) is 0 Å². The number of rotatable bonds is 5. The number of piperidine rings is 1. The summed E-state index contributed by atoms with van der Waals surface area (Å²) in [5.41, 5.74) is 0.805. The van der Waals surface area contributed by atoms with Crippen molar-refractivity contribution in [1.82, 2.24) is 4.90 Å². The number of hydrogen-bond donors (Lipinski definition) is 0. The first-order valence-corrected chi connectivity index (χ1v) is 9.61. The molecule has 1 aromatic rings. The van der Waals surface area contributed by atoms with Gasteiger partial charge >= 0.3 is 0 Å². The Bertz CT molecular complexity index is 540. The summed E-state index contributed by atoms with van der Waals surface area (Å²) in [6, 6.07) is 9.55. The van der Waals surface area contributed by atoms with Crippen LogP contribution in [0.15, 0.2) is 30.3 Å². The summed E-state index contributed by atoms with van der Waals surface area (Å²) in [7, 11) is 0. The molecule has 1 aliphatic heterocycles. The van der Waals surface area contributed by atoms with E-state index in [0.29, 0.717) is 12.3 Å². The smallest absolute Gasteiger partial charge is 0.222 e. The van der Waals surface area contributed by atoms with Crippen LogP contribution < -0.4 is 0 Å². The Labute approximate surface area is 145 Å². The van der Waals surface area contributed by atoms with Crippen LogP contribution in [0.1, 0.15) is 68.1 Å². The molecule has 3 heteroatoms. The molecule has 1 saturated carbocycles. The maximum absolute atomic E-state index is 12.5. The molecule has 24 heavy (non-hydrogen) atoms. The van der Waals surface area contributed by atoms with E-state index in [1.165, 1.54) is 32.1 Å². The third-order valence-electron chi connectivity index (χ3n) is 5.77. The fourth-order valence-electron chi connectivity index (χ4n) is 4.19. The number of likely N-dealkylation sites (tertiary alicyclic amines) is 1. The number of benzene rings is 1. The molecular weight excluding hydrogens is 298 g/mol. The SMILES string of the molecule is O=C(c1ccccc1)C1CCN(C(=O)CCC2CCCCC2)CC1. The third kappa shape index (κ3) is 4.46. The van der Waals surface area contributed by atoms with Gasteiger partial charge in [0.1, 0.15) is 0 Å². The lowest BCUT2D eigenvalue weighted by Crippen LogP contribution is -2.40. The van der Waals surface area contributed by atoms with Gasteiger partial charge in [0.2, 0.25) is 5.91 Å². The first-order chi connectivity index (χ1) is 11.7. The highest BCUT2D eigenvalue weighted by atomic mass is 16.2. The van der Waals surface area contributed by atoms with E-state index >= 15 is 0 Å². The Morgan fingerprint density at radius 1 is 0.917 bits per heavy atom. The fourth-order valence-corrected chi connectivity index (χ4v) is 4.19. The van der Waals surface area contributed by atoms with Crippen LogP contribution in [0.3, 0.4) is 0 Å². The van der Waals surface area contributed by atoms with Crippen molar-refractivity contribution in [2.24, 2.45) is 11.8 Å². The number of hydrogen-bond acceptors (Lipinski definition) is 2. The van der Waals surface area contributed by atoms with Crippen molar-refractivity contribution in [1.29, 1.82) is 0 Å². The lowest BCUT2D eigenvalue weighted by molar-refractivity contribution is -0.132. The van der Waals surface area contributed by atoms with E-state index in [4.69, 9.17) is 0 Å². The topological polar surface area (TPSA) is 37.4 Å². The van der Waals surface area contributed by atoms with Crippen LogP contribution >= 0.6 is 0 Å². The van der Waals surface area contributed by atoms with E-state index in [-0.39, 0.29) is 11.7 Å². The molecule has 1 heterocycles. The Hall–Kier alpha value is -1.64. The van der Waals surface area contributed by atoms with E-state index < -0.39 is 0 Å². The highest BCUT2D eigenvalue weighted by molar-refractivity contribution is 5.98. The van der Waals surface area contributed by atoms with Gasteiger partial charge in [-0.25, -0.2) is 0 Å². The van der Waals surface area contributed by atoms with E-state index in [1.54, 1.807) is 0 Å². The average molecular weight is 327 g/mol. The number of Topliss-reactive ketones (excluding diaryl/α,β-unsaturated/α-hetero) is 1. The van der Waals surface area contributed by atoms with Crippen LogP contribution in [0.4, 0.5) is 0 Å². The largest absolute Gasteiger partial charge is 0.343 e. The van der Waals surface area contributed by atoms with Crippen molar-refractivity contribution in [3.05, 3.63) is 35.9 Å². The average Bonchev–Trinajstić information content (AvgIpc) is 2.67. The minimum absolute atomic E-state index is 0.0785. The maximum atomic E-state index is 12.5. The highest BCUT2D eigenvalue weighted by Gasteiger charge is 2.28. The summed E-state index contributed by atoms with van der Waals surface area (Å²) >= 11 is 0. The molecule has 3 nitrogen and oxygen atoms in total. The fraction of sp³-hybridized carbons (Fsp3) is 0.619. The Kier molecular flexibility index (Phi) is 6.06. The highest BCUT2D eigenvalue weighted by Crippen LogP contribution is 2.28. The lowest BCUT2D eigenvalue weighted by atomic mass is 9.85. The molecule has 1 amide bonds. The lowest BCUT2D eigenvalue weighted by Gasteiger charge is -2.32. The number of amides is 1. The maximum Gasteiger partial charge on any atom is 0.222 e. The molecule has 0 radical (unpaired) electrons. The Morgan fingerprint density at radius 2 is 1.58 bits per heavy atom. The van der Waals surface area contributed by atoms with E-state index in [0.717, 1.165) is 43.8 Å². The van der Waals surface area contributed by atoms with Gasteiger partial charge in [0.15, 0.2) is 5.78 Å². The molecule has 1 saturated heterocycles. The first kappa shape index (κ1) is 17.2. The van der Waals surface area contributed by atoms with Crippen molar-refractivity contribution in [3.63, 3.8) is 0 Å². The van der Waals surface area contributed by atoms with Crippen LogP contribution in [-0.4, -0.2) is 29.7 Å². The Balaban J connectivity index is 1.42. The summed E-state index contributed by atoms with van der Waals surface area (Å²) in [4.78, 5) is 26.9. The molecule has 3 rings (SSSR count). The van der Waals surface area contributed by atoms with E-state index in [9.17, 15) is 9.59 Å². The molecule has 1 aliphatic carbocycles. The second kappa shape index (κ2) is 8.46. The van der Waals surface area contributed by atoms with Crippen molar-refractivity contribution in [2.75, 3.05) is 13.1 Å². The molecule has 0 unspecified atom stereocenters. The van der Waals surface area contributed by atoms with Gasteiger partial charge in [-0.1, -0.05) is 62.4 Å².